The van der Waals surface area contributed by atoms with Gasteiger partial charge in [-0.1, -0.05) is 41.9 Å². The molecule has 27 heavy (non-hydrogen) atoms. The molecule has 0 fully saturated rings. The summed E-state index contributed by atoms with van der Waals surface area (Å²) >= 11 is 1.64. The number of carbonyl (C=O) groups is 1. The van der Waals surface area contributed by atoms with Crippen LogP contribution in [0.15, 0.2) is 34.2 Å². The van der Waals surface area contributed by atoms with Crippen molar-refractivity contribution in [3.05, 3.63) is 52.6 Å². The summed E-state index contributed by atoms with van der Waals surface area (Å²) in [5, 5.41) is 9.87. The second kappa shape index (κ2) is 9.41. The Labute approximate surface area is 163 Å². The lowest BCUT2D eigenvalue weighted by molar-refractivity contribution is -0.121. The van der Waals surface area contributed by atoms with Crippen molar-refractivity contribution < 1.29 is 9.32 Å². The third-order valence-corrected chi connectivity index (χ3v) is 5.11. The standard InChI is InChI=1S/C20H24N4O2S/c1-3-17-23-19(26-24-17)6-4-5-18(25)21-12-11-16-13-27-20(22-16)15-9-7-14(2)8-10-15/h7-10,13H,3-6,11-12H2,1-2H3,(H,21,25). The van der Waals surface area contributed by atoms with Crippen molar-refractivity contribution in [1.82, 2.24) is 20.4 Å². The lowest BCUT2D eigenvalue weighted by Crippen LogP contribution is -2.25. The molecule has 0 bridgehead atoms. The van der Waals surface area contributed by atoms with Crippen molar-refractivity contribution in [2.24, 2.45) is 0 Å². The molecule has 0 atom stereocenters. The Bertz CT molecular complexity index is 870. The van der Waals surface area contributed by atoms with Gasteiger partial charge in [-0.15, -0.1) is 11.3 Å². The van der Waals surface area contributed by atoms with Crippen LogP contribution in [0.3, 0.4) is 0 Å². The van der Waals surface area contributed by atoms with Crippen molar-refractivity contribution in [2.75, 3.05) is 6.54 Å². The Balaban J connectivity index is 1.36. The maximum absolute atomic E-state index is 11.9. The highest BCUT2D eigenvalue weighted by atomic mass is 32.1. The molecule has 0 aliphatic rings. The van der Waals surface area contributed by atoms with Crippen molar-refractivity contribution in [1.29, 1.82) is 0 Å². The van der Waals surface area contributed by atoms with Gasteiger partial charge < -0.3 is 9.84 Å². The molecule has 1 N–H and O–H groups in total. The molecule has 3 rings (SSSR count). The van der Waals surface area contributed by atoms with Gasteiger partial charge in [0.15, 0.2) is 5.82 Å². The molecule has 0 spiro atoms. The summed E-state index contributed by atoms with van der Waals surface area (Å²) < 4.78 is 5.12. The molecule has 1 aromatic carbocycles. The van der Waals surface area contributed by atoms with Crippen LogP contribution in [0.25, 0.3) is 10.6 Å². The number of carbonyl (C=O) groups excluding carboxylic acids is 1. The Morgan fingerprint density at radius 2 is 2.00 bits per heavy atom. The third kappa shape index (κ3) is 5.72. The lowest BCUT2D eigenvalue weighted by Gasteiger charge is -2.03. The summed E-state index contributed by atoms with van der Waals surface area (Å²) in [6.07, 6.45) is 3.28. The molecule has 6 nitrogen and oxygen atoms in total. The number of thiazole rings is 1. The molecular weight excluding hydrogens is 360 g/mol. The summed E-state index contributed by atoms with van der Waals surface area (Å²) in [6.45, 7) is 4.65. The molecule has 0 radical (unpaired) electrons. The van der Waals surface area contributed by atoms with Gasteiger partial charge in [0.1, 0.15) is 5.01 Å². The highest BCUT2D eigenvalue weighted by Gasteiger charge is 2.08. The number of aromatic nitrogens is 3. The first-order valence-electron chi connectivity index (χ1n) is 9.23. The van der Waals surface area contributed by atoms with Crippen LogP contribution >= 0.6 is 11.3 Å². The van der Waals surface area contributed by atoms with Crippen LogP contribution in [0.1, 0.15) is 42.7 Å². The number of hydrogen-bond acceptors (Lipinski definition) is 6. The van der Waals surface area contributed by atoms with E-state index >= 15 is 0 Å². The van der Waals surface area contributed by atoms with Crippen LogP contribution in [0, 0.1) is 6.92 Å². The number of nitrogens with zero attached hydrogens (tertiary/aromatic N) is 3. The fourth-order valence-electron chi connectivity index (χ4n) is 2.60. The van der Waals surface area contributed by atoms with Crippen LogP contribution in [-0.4, -0.2) is 27.6 Å². The van der Waals surface area contributed by atoms with Gasteiger partial charge in [0.2, 0.25) is 11.8 Å². The van der Waals surface area contributed by atoms with Gasteiger partial charge in [0.25, 0.3) is 0 Å². The maximum Gasteiger partial charge on any atom is 0.226 e. The van der Waals surface area contributed by atoms with Crippen LogP contribution in [-0.2, 0) is 24.1 Å². The van der Waals surface area contributed by atoms with Gasteiger partial charge in [-0.2, -0.15) is 4.98 Å². The molecule has 0 saturated carbocycles. The van der Waals surface area contributed by atoms with Gasteiger partial charge in [-0.05, 0) is 13.3 Å². The second-order valence-electron chi connectivity index (χ2n) is 6.42. The molecule has 3 aromatic rings. The minimum Gasteiger partial charge on any atom is -0.356 e. The zero-order valence-electron chi connectivity index (χ0n) is 15.7. The van der Waals surface area contributed by atoms with E-state index in [0.29, 0.717) is 37.5 Å². The zero-order chi connectivity index (χ0) is 19.1. The lowest BCUT2D eigenvalue weighted by atomic mass is 10.2. The van der Waals surface area contributed by atoms with Gasteiger partial charge in [0.05, 0.1) is 5.69 Å². The fourth-order valence-corrected chi connectivity index (χ4v) is 3.46. The molecule has 0 aliphatic heterocycles. The molecule has 2 heterocycles. The van der Waals surface area contributed by atoms with Crippen LogP contribution < -0.4 is 5.32 Å². The predicted molar refractivity (Wildman–Crippen MR) is 106 cm³/mol. The summed E-state index contributed by atoms with van der Waals surface area (Å²) in [4.78, 5) is 20.8. The molecule has 0 saturated heterocycles. The van der Waals surface area contributed by atoms with Gasteiger partial charge in [-0.25, -0.2) is 4.98 Å². The summed E-state index contributed by atoms with van der Waals surface area (Å²) in [5.41, 5.74) is 3.38. The van der Waals surface area contributed by atoms with Gasteiger partial charge in [0, 0.05) is 43.2 Å². The molecule has 7 heteroatoms. The van der Waals surface area contributed by atoms with Crippen molar-refractivity contribution >= 4 is 17.2 Å². The smallest absolute Gasteiger partial charge is 0.226 e. The van der Waals surface area contributed by atoms with Crippen LogP contribution in [0.5, 0.6) is 0 Å². The van der Waals surface area contributed by atoms with Crippen LogP contribution in [0.4, 0.5) is 0 Å². The predicted octanol–water partition coefficient (Wildman–Crippen LogP) is 3.75. The molecule has 142 valence electrons. The van der Waals surface area contributed by atoms with Crippen molar-refractivity contribution in [2.45, 2.75) is 46.0 Å². The minimum absolute atomic E-state index is 0.0409. The zero-order valence-corrected chi connectivity index (χ0v) is 16.5. The second-order valence-corrected chi connectivity index (χ2v) is 7.28. The monoisotopic (exact) mass is 384 g/mol. The first-order valence-corrected chi connectivity index (χ1v) is 10.1. The maximum atomic E-state index is 11.9. The van der Waals surface area contributed by atoms with E-state index in [0.717, 1.165) is 29.1 Å². The Hall–Kier alpha value is -2.54. The van der Waals surface area contributed by atoms with E-state index in [-0.39, 0.29) is 5.91 Å². The normalized spacial score (nSPS) is 10.9. The quantitative estimate of drug-likeness (QED) is 0.608. The van der Waals surface area contributed by atoms with E-state index in [2.05, 4.69) is 57.0 Å². The fraction of sp³-hybridized carbons (Fsp3) is 0.400. The number of nitrogens with one attached hydrogen (secondary N) is 1. The third-order valence-electron chi connectivity index (χ3n) is 4.17. The average molecular weight is 385 g/mol. The molecule has 0 aliphatic carbocycles. The topological polar surface area (TPSA) is 80.9 Å². The van der Waals surface area contributed by atoms with E-state index < -0.39 is 0 Å². The molecule has 2 aromatic heterocycles. The van der Waals surface area contributed by atoms with E-state index in [1.54, 1.807) is 11.3 Å². The summed E-state index contributed by atoms with van der Waals surface area (Å²) in [6, 6.07) is 8.36. The van der Waals surface area contributed by atoms with Crippen molar-refractivity contribution in [3.8, 4) is 10.6 Å². The SMILES string of the molecule is CCc1noc(CCCC(=O)NCCc2csc(-c3ccc(C)cc3)n2)n1. The van der Waals surface area contributed by atoms with Crippen molar-refractivity contribution in [3.63, 3.8) is 0 Å². The summed E-state index contributed by atoms with van der Waals surface area (Å²) in [7, 11) is 0. The first-order chi connectivity index (χ1) is 13.1. The van der Waals surface area contributed by atoms with E-state index in [1.165, 1.54) is 5.56 Å². The van der Waals surface area contributed by atoms with Crippen LogP contribution in [0.2, 0.25) is 0 Å². The number of amides is 1. The highest BCUT2D eigenvalue weighted by Crippen LogP contribution is 2.24. The molecular formula is C20H24N4O2S. The van der Waals surface area contributed by atoms with E-state index in [4.69, 9.17) is 4.52 Å². The van der Waals surface area contributed by atoms with Gasteiger partial charge >= 0.3 is 0 Å². The number of rotatable bonds is 9. The van der Waals surface area contributed by atoms with Gasteiger partial charge in [-0.3, -0.25) is 4.79 Å². The van der Waals surface area contributed by atoms with E-state index in [9.17, 15) is 4.79 Å². The summed E-state index contributed by atoms with van der Waals surface area (Å²) in [5.74, 6) is 1.35. The molecule has 0 unspecified atom stereocenters. The minimum atomic E-state index is 0.0409. The molecule has 1 amide bonds. The highest BCUT2D eigenvalue weighted by molar-refractivity contribution is 7.13. The first kappa shape index (κ1) is 19.2. The Kier molecular flexibility index (Phi) is 6.70. The van der Waals surface area contributed by atoms with E-state index in [1.807, 2.05) is 6.92 Å². The Morgan fingerprint density at radius 1 is 1.19 bits per heavy atom. The largest absolute Gasteiger partial charge is 0.356 e. The number of hydrogen-bond donors (Lipinski definition) is 1. The Morgan fingerprint density at radius 3 is 2.74 bits per heavy atom. The average Bonchev–Trinajstić information content (AvgIpc) is 3.32. The number of aryl methyl sites for hydroxylation is 3. The number of benzene rings is 1.